The van der Waals surface area contributed by atoms with E-state index in [1.807, 2.05) is 30.5 Å². The SMILES string of the molecule is CC1(C)OB(c2ccc(-c3nc4ccccc4c4nc5c(ccc6cccnc65)cc34)cc2)OC1(C)C. The Kier molecular flexibility index (Phi) is 4.72. The molecule has 7 rings (SSSR count). The van der Waals surface area contributed by atoms with Crippen molar-refractivity contribution in [1.82, 2.24) is 15.0 Å². The minimum Gasteiger partial charge on any atom is -0.399 e. The van der Waals surface area contributed by atoms with Crippen molar-refractivity contribution in [3.05, 3.63) is 85.1 Å². The lowest BCUT2D eigenvalue weighted by molar-refractivity contribution is 0.00578. The van der Waals surface area contributed by atoms with Crippen LogP contribution in [0.2, 0.25) is 0 Å². The van der Waals surface area contributed by atoms with E-state index in [1.165, 1.54) is 0 Å². The van der Waals surface area contributed by atoms with Crippen LogP contribution in [0, 0.1) is 0 Å². The fourth-order valence-corrected chi connectivity index (χ4v) is 5.11. The molecule has 0 aliphatic carbocycles. The maximum atomic E-state index is 6.25. The van der Waals surface area contributed by atoms with Crippen molar-refractivity contribution in [3.8, 4) is 11.3 Å². The van der Waals surface area contributed by atoms with E-state index in [4.69, 9.17) is 19.3 Å². The number of pyridine rings is 3. The average molecular weight is 483 g/mol. The zero-order chi connectivity index (χ0) is 25.4. The molecule has 0 spiro atoms. The van der Waals surface area contributed by atoms with Crippen LogP contribution < -0.4 is 5.46 Å². The molecule has 5 nitrogen and oxygen atoms in total. The van der Waals surface area contributed by atoms with E-state index in [2.05, 4.69) is 87.3 Å². The van der Waals surface area contributed by atoms with Crippen LogP contribution in [-0.2, 0) is 9.31 Å². The van der Waals surface area contributed by atoms with Gasteiger partial charge in [0.25, 0.3) is 0 Å². The summed E-state index contributed by atoms with van der Waals surface area (Å²) in [5, 5.41) is 4.18. The second kappa shape index (κ2) is 7.82. The molecule has 1 saturated heterocycles. The van der Waals surface area contributed by atoms with E-state index >= 15 is 0 Å². The van der Waals surface area contributed by atoms with Gasteiger partial charge in [-0.1, -0.05) is 60.7 Å². The molecule has 0 amide bonds. The zero-order valence-electron chi connectivity index (χ0n) is 21.3. The van der Waals surface area contributed by atoms with Gasteiger partial charge < -0.3 is 9.31 Å². The fourth-order valence-electron chi connectivity index (χ4n) is 5.11. The maximum Gasteiger partial charge on any atom is 0.494 e. The summed E-state index contributed by atoms with van der Waals surface area (Å²) in [5.74, 6) is 0. The standard InChI is InChI=1S/C31H26BN3O2/c1-30(2)31(3,4)37-32(36-30)22-15-13-20(14-16-22)26-24-18-21-12-11-19-8-7-17-33-27(19)28(21)35-29(24)23-9-5-6-10-25(23)34-26/h5-18H,1-4H3. The Bertz CT molecular complexity index is 1830. The highest BCUT2D eigenvalue weighted by Crippen LogP contribution is 2.37. The Balaban J connectivity index is 1.42. The predicted molar refractivity (Wildman–Crippen MR) is 151 cm³/mol. The Morgan fingerprint density at radius 2 is 1.38 bits per heavy atom. The summed E-state index contributed by atoms with van der Waals surface area (Å²) < 4.78 is 12.5. The summed E-state index contributed by atoms with van der Waals surface area (Å²) in [6.45, 7) is 8.29. The summed E-state index contributed by atoms with van der Waals surface area (Å²) in [7, 11) is -0.397. The monoisotopic (exact) mass is 483 g/mol. The van der Waals surface area contributed by atoms with E-state index in [9.17, 15) is 0 Å². The van der Waals surface area contributed by atoms with Crippen LogP contribution in [0.5, 0.6) is 0 Å². The second-order valence-corrected chi connectivity index (χ2v) is 10.8. The van der Waals surface area contributed by atoms with Crippen LogP contribution >= 0.6 is 0 Å². The third-order valence-corrected chi connectivity index (χ3v) is 7.91. The summed E-state index contributed by atoms with van der Waals surface area (Å²) in [5.41, 5.74) is 5.84. The van der Waals surface area contributed by atoms with E-state index in [1.54, 1.807) is 0 Å². The summed E-state index contributed by atoms with van der Waals surface area (Å²) in [4.78, 5) is 14.9. The van der Waals surface area contributed by atoms with Crippen molar-refractivity contribution in [2.24, 2.45) is 0 Å². The lowest BCUT2D eigenvalue weighted by Crippen LogP contribution is -2.41. The van der Waals surface area contributed by atoms with Gasteiger partial charge in [-0.05, 0) is 51.4 Å². The molecule has 6 heteroatoms. The Hall–Kier alpha value is -3.87. The molecule has 0 saturated carbocycles. The second-order valence-electron chi connectivity index (χ2n) is 10.8. The van der Waals surface area contributed by atoms with Crippen molar-refractivity contribution in [2.45, 2.75) is 38.9 Å². The van der Waals surface area contributed by atoms with Gasteiger partial charge in [0.1, 0.15) is 0 Å². The number of benzene rings is 3. The Morgan fingerprint density at radius 1 is 0.649 bits per heavy atom. The molecule has 180 valence electrons. The highest BCUT2D eigenvalue weighted by molar-refractivity contribution is 6.62. The van der Waals surface area contributed by atoms with Crippen molar-refractivity contribution in [3.63, 3.8) is 0 Å². The van der Waals surface area contributed by atoms with E-state index < -0.39 is 7.12 Å². The maximum absolute atomic E-state index is 6.25. The first-order chi connectivity index (χ1) is 17.8. The number of nitrogens with zero attached hydrogens (tertiary/aromatic N) is 3. The van der Waals surface area contributed by atoms with Gasteiger partial charge in [0.2, 0.25) is 0 Å². The lowest BCUT2D eigenvalue weighted by atomic mass is 9.78. The van der Waals surface area contributed by atoms with Gasteiger partial charge in [-0.15, -0.1) is 0 Å². The van der Waals surface area contributed by atoms with Crippen LogP contribution in [0.1, 0.15) is 27.7 Å². The minimum atomic E-state index is -0.397. The molecule has 0 radical (unpaired) electrons. The number of rotatable bonds is 2. The molecule has 1 aliphatic heterocycles. The van der Waals surface area contributed by atoms with Gasteiger partial charge in [-0.25, -0.2) is 9.97 Å². The van der Waals surface area contributed by atoms with Crippen molar-refractivity contribution >= 4 is 56.2 Å². The molecule has 0 bridgehead atoms. The molecule has 3 aromatic carbocycles. The van der Waals surface area contributed by atoms with Crippen LogP contribution in [0.3, 0.4) is 0 Å². The largest absolute Gasteiger partial charge is 0.494 e. The molecule has 0 N–H and O–H groups in total. The topological polar surface area (TPSA) is 57.1 Å². The molecule has 0 unspecified atom stereocenters. The number of para-hydroxylation sites is 1. The molecule has 4 heterocycles. The third kappa shape index (κ3) is 3.44. The van der Waals surface area contributed by atoms with Gasteiger partial charge in [0, 0.05) is 33.3 Å². The fraction of sp³-hybridized carbons (Fsp3) is 0.194. The molecular formula is C31H26BN3O2. The van der Waals surface area contributed by atoms with Gasteiger partial charge in [-0.3, -0.25) is 4.98 Å². The Labute approximate surface area is 215 Å². The molecular weight excluding hydrogens is 457 g/mol. The molecule has 0 atom stereocenters. The zero-order valence-corrected chi connectivity index (χ0v) is 21.3. The first-order valence-electron chi connectivity index (χ1n) is 12.6. The van der Waals surface area contributed by atoms with Crippen LogP contribution in [0.25, 0.3) is 54.9 Å². The highest BCUT2D eigenvalue weighted by Gasteiger charge is 2.51. The number of hydrogen-bond donors (Lipinski definition) is 0. The molecule has 37 heavy (non-hydrogen) atoms. The van der Waals surface area contributed by atoms with Gasteiger partial charge in [0.05, 0.1) is 39.0 Å². The summed E-state index contributed by atoms with van der Waals surface area (Å²) >= 11 is 0. The normalized spacial score (nSPS) is 16.8. The van der Waals surface area contributed by atoms with Crippen LogP contribution in [0.4, 0.5) is 0 Å². The molecule has 1 aliphatic rings. The number of fused-ring (bicyclic) bond motifs is 6. The quantitative estimate of drug-likeness (QED) is 0.161. The Morgan fingerprint density at radius 3 is 2.16 bits per heavy atom. The van der Waals surface area contributed by atoms with Crippen LogP contribution in [-0.4, -0.2) is 33.3 Å². The highest BCUT2D eigenvalue weighted by atomic mass is 16.7. The molecule has 3 aromatic heterocycles. The van der Waals surface area contributed by atoms with Crippen molar-refractivity contribution in [1.29, 1.82) is 0 Å². The summed E-state index contributed by atoms with van der Waals surface area (Å²) in [6.07, 6.45) is 1.82. The van der Waals surface area contributed by atoms with Gasteiger partial charge >= 0.3 is 7.12 Å². The predicted octanol–water partition coefficient (Wildman–Crippen LogP) is 6.45. The molecule has 6 aromatic rings. The third-order valence-electron chi connectivity index (χ3n) is 7.91. The average Bonchev–Trinajstić information content (AvgIpc) is 3.13. The van der Waals surface area contributed by atoms with Gasteiger partial charge in [0.15, 0.2) is 0 Å². The number of aromatic nitrogens is 3. The van der Waals surface area contributed by atoms with Crippen molar-refractivity contribution in [2.75, 3.05) is 0 Å². The van der Waals surface area contributed by atoms with E-state index in [-0.39, 0.29) is 11.2 Å². The molecule has 1 fully saturated rings. The van der Waals surface area contributed by atoms with Crippen LogP contribution in [0.15, 0.2) is 85.1 Å². The lowest BCUT2D eigenvalue weighted by Gasteiger charge is -2.32. The minimum absolute atomic E-state index is 0.377. The first kappa shape index (κ1) is 22.3. The summed E-state index contributed by atoms with van der Waals surface area (Å²) in [6, 6.07) is 27.0. The van der Waals surface area contributed by atoms with Crippen molar-refractivity contribution < 1.29 is 9.31 Å². The number of hydrogen-bond acceptors (Lipinski definition) is 5. The van der Waals surface area contributed by atoms with E-state index in [0.717, 1.165) is 60.3 Å². The smallest absolute Gasteiger partial charge is 0.399 e. The van der Waals surface area contributed by atoms with E-state index in [0.29, 0.717) is 0 Å². The first-order valence-corrected chi connectivity index (χ1v) is 12.6. The van der Waals surface area contributed by atoms with Gasteiger partial charge in [-0.2, -0.15) is 0 Å².